The van der Waals surface area contributed by atoms with Crippen LogP contribution in [0.5, 0.6) is 0 Å². The van der Waals surface area contributed by atoms with E-state index in [4.69, 9.17) is 16.3 Å². The number of carbonyl (C=O) groups excluding carboxylic acids is 2. The Morgan fingerprint density at radius 2 is 2.19 bits per heavy atom. The second kappa shape index (κ2) is 5.73. The second-order valence-corrected chi connectivity index (χ2v) is 5.75. The molecule has 0 saturated carbocycles. The highest BCUT2D eigenvalue weighted by atomic mass is 35.5. The van der Waals surface area contributed by atoms with E-state index in [1.807, 2.05) is 0 Å². The fourth-order valence-electron chi connectivity index (χ4n) is 2.86. The normalized spacial score (nSPS) is 21.2. The summed E-state index contributed by atoms with van der Waals surface area (Å²) < 4.78 is 19.1. The van der Waals surface area contributed by atoms with Crippen LogP contribution in [0.4, 0.5) is 10.1 Å². The molecule has 1 atom stereocenters. The highest BCUT2D eigenvalue weighted by molar-refractivity contribution is 6.52. The zero-order valence-electron chi connectivity index (χ0n) is 11.4. The molecule has 1 saturated heterocycles. The fourth-order valence-corrected chi connectivity index (χ4v) is 3.02. The van der Waals surface area contributed by atoms with Gasteiger partial charge in [-0.1, -0.05) is 11.6 Å². The van der Waals surface area contributed by atoms with Gasteiger partial charge < -0.3 is 9.64 Å². The van der Waals surface area contributed by atoms with E-state index in [-0.39, 0.29) is 16.7 Å². The van der Waals surface area contributed by atoms with Gasteiger partial charge in [-0.3, -0.25) is 9.59 Å². The van der Waals surface area contributed by atoms with Crippen molar-refractivity contribution in [1.82, 2.24) is 0 Å². The molecule has 6 heteroatoms. The highest BCUT2D eigenvalue weighted by Gasteiger charge is 2.36. The van der Waals surface area contributed by atoms with E-state index < -0.39 is 17.5 Å². The molecular weight excluding hydrogens is 297 g/mol. The number of ether oxygens (including phenoxy) is 1. The molecule has 1 aromatic carbocycles. The van der Waals surface area contributed by atoms with Crippen LogP contribution in [-0.2, 0) is 9.53 Å². The van der Waals surface area contributed by atoms with Crippen molar-refractivity contribution in [1.29, 1.82) is 0 Å². The maximum Gasteiger partial charge on any atom is 0.299 e. The van der Waals surface area contributed by atoms with E-state index in [1.165, 1.54) is 11.0 Å². The van der Waals surface area contributed by atoms with Gasteiger partial charge in [0.25, 0.3) is 11.7 Å². The molecule has 3 rings (SSSR count). The third-order valence-electron chi connectivity index (χ3n) is 3.95. The second-order valence-electron chi connectivity index (χ2n) is 5.35. The van der Waals surface area contributed by atoms with Crippen molar-refractivity contribution in [2.24, 2.45) is 0 Å². The summed E-state index contributed by atoms with van der Waals surface area (Å²) in [5, 5.41) is -0.142. The van der Waals surface area contributed by atoms with Crippen molar-refractivity contribution in [2.45, 2.75) is 31.8 Å². The van der Waals surface area contributed by atoms with Crippen LogP contribution in [0.1, 0.15) is 36.0 Å². The lowest BCUT2D eigenvalue weighted by Crippen LogP contribution is -2.31. The summed E-state index contributed by atoms with van der Waals surface area (Å²) in [6.07, 6.45) is 3.89. The van der Waals surface area contributed by atoms with Crippen LogP contribution in [0.3, 0.4) is 0 Å². The van der Waals surface area contributed by atoms with Crippen molar-refractivity contribution in [2.75, 3.05) is 18.1 Å². The zero-order valence-corrected chi connectivity index (χ0v) is 12.2. The zero-order chi connectivity index (χ0) is 15.0. The molecule has 2 heterocycles. The Morgan fingerprint density at radius 3 is 2.90 bits per heavy atom. The average molecular weight is 312 g/mol. The predicted octanol–water partition coefficient (Wildman–Crippen LogP) is 2.97. The summed E-state index contributed by atoms with van der Waals surface area (Å²) in [5.74, 6) is -1.86. The van der Waals surface area contributed by atoms with Gasteiger partial charge in [0.2, 0.25) is 0 Å². The topological polar surface area (TPSA) is 46.6 Å². The maximum atomic E-state index is 13.6. The minimum absolute atomic E-state index is 0.142. The molecule has 1 amide bonds. The van der Waals surface area contributed by atoms with Crippen LogP contribution in [0.2, 0.25) is 5.02 Å². The summed E-state index contributed by atoms with van der Waals surface area (Å²) in [4.78, 5) is 25.2. The first-order valence-electron chi connectivity index (χ1n) is 7.05. The molecule has 0 aromatic heterocycles. The van der Waals surface area contributed by atoms with Gasteiger partial charge in [0, 0.05) is 13.2 Å². The number of carbonyl (C=O) groups is 2. The van der Waals surface area contributed by atoms with E-state index >= 15 is 0 Å². The molecule has 0 bridgehead atoms. The van der Waals surface area contributed by atoms with Crippen molar-refractivity contribution in [3.63, 3.8) is 0 Å². The Hall–Kier alpha value is -1.46. The van der Waals surface area contributed by atoms with Gasteiger partial charge in [0.1, 0.15) is 5.82 Å². The number of ketones is 1. The van der Waals surface area contributed by atoms with Crippen molar-refractivity contribution in [3.05, 3.63) is 28.5 Å². The number of benzene rings is 1. The lowest BCUT2D eigenvalue weighted by molar-refractivity contribution is -0.114. The molecule has 2 aliphatic heterocycles. The van der Waals surface area contributed by atoms with E-state index in [2.05, 4.69) is 0 Å². The van der Waals surface area contributed by atoms with Crippen LogP contribution < -0.4 is 4.90 Å². The number of amides is 1. The van der Waals surface area contributed by atoms with Gasteiger partial charge in [-0.25, -0.2) is 4.39 Å². The largest absolute Gasteiger partial charge is 0.378 e. The number of fused-ring (bicyclic) bond motifs is 1. The van der Waals surface area contributed by atoms with Crippen LogP contribution in [-0.4, -0.2) is 30.9 Å². The Labute approximate surface area is 126 Å². The monoisotopic (exact) mass is 311 g/mol. The van der Waals surface area contributed by atoms with Gasteiger partial charge in [0.15, 0.2) is 0 Å². The summed E-state index contributed by atoms with van der Waals surface area (Å²) in [6, 6.07) is 2.39. The molecular formula is C15H15ClFNO3. The molecule has 112 valence electrons. The quantitative estimate of drug-likeness (QED) is 0.803. The number of hydrogen-bond acceptors (Lipinski definition) is 3. The molecule has 1 fully saturated rings. The van der Waals surface area contributed by atoms with Gasteiger partial charge in [0.05, 0.1) is 22.4 Å². The third kappa shape index (κ3) is 2.68. The highest BCUT2D eigenvalue weighted by Crippen LogP contribution is 2.33. The molecule has 0 N–H and O–H groups in total. The van der Waals surface area contributed by atoms with Crippen molar-refractivity contribution in [3.8, 4) is 0 Å². The first-order valence-corrected chi connectivity index (χ1v) is 7.42. The molecule has 0 aliphatic carbocycles. The summed E-state index contributed by atoms with van der Waals surface area (Å²) in [5.41, 5.74) is 0.503. The molecule has 2 aliphatic rings. The fraction of sp³-hybridized carbons (Fsp3) is 0.467. The Bertz CT molecular complexity index is 599. The van der Waals surface area contributed by atoms with E-state index in [0.29, 0.717) is 18.7 Å². The first-order chi connectivity index (χ1) is 10.1. The summed E-state index contributed by atoms with van der Waals surface area (Å²) >= 11 is 5.67. The Morgan fingerprint density at radius 1 is 1.38 bits per heavy atom. The molecule has 21 heavy (non-hydrogen) atoms. The minimum atomic E-state index is -0.623. The van der Waals surface area contributed by atoms with E-state index in [9.17, 15) is 14.0 Å². The number of Topliss-reactive ketones (excluding diaryl/α,β-unsaturated/α-hetero) is 1. The van der Waals surface area contributed by atoms with Crippen molar-refractivity contribution >= 4 is 29.0 Å². The number of nitrogens with zero attached hydrogens (tertiary/aromatic N) is 1. The smallest absolute Gasteiger partial charge is 0.299 e. The Balaban J connectivity index is 1.72. The van der Waals surface area contributed by atoms with Crippen LogP contribution in [0, 0.1) is 5.82 Å². The third-order valence-corrected chi connectivity index (χ3v) is 4.23. The predicted molar refractivity (Wildman–Crippen MR) is 76.3 cm³/mol. The Kier molecular flexibility index (Phi) is 3.95. The molecule has 4 nitrogen and oxygen atoms in total. The lowest BCUT2D eigenvalue weighted by Gasteiger charge is -2.17. The number of rotatable bonds is 4. The minimum Gasteiger partial charge on any atom is -0.378 e. The molecule has 0 spiro atoms. The molecule has 0 radical (unpaired) electrons. The number of halogens is 2. The van der Waals surface area contributed by atoms with Crippen LogP contribution in [0.15, 0.2) is 12.1 Å². The van der Waals surface area contributed by atoms with Gasteiger partial charge in [-0.2, -0.15) is 0 Å². The standard InChI is InChI=1S/C15H15ClFNO3/c16-11-7-10-13(8-12(11)17)18(15(20)14(10)19)5-1-3-9-4-2-6-21-9/h7-9H,1-6H2. The van der Waals surface area contributed by atoms with Crippen LogP contribution in [0.25, 0.3) is 0 Å². The van der Waals surface area contributed by atoms with Gasteiger partial charge in [-0.15, -0.1) is 0 Å². The number of hydrogen-bond donors (Lipinski definition) is 0. The molecule has 1 aromatic rings. The maximum absolute atomic E-state index is 13.6. The summed E-state index contributed by atoms with van der Waals surface area (Å²) in [6.45, 7) is 1.18. The first kappa shape index (κ1) is 14.5. The van der Waals surface area contributed by atoms with Gasteiger partial charge >= 0.3 is 0 Å². The lowest BCUT2D eigenvalue weighted by atomic mass is 10.1. The van der Waals surface area contributed by atoms with Crippen molar-refractivity contribution < 1.29 is 18.7 Å². The van der Waals surface area contributed by atoms with Crippen LogP contribution >= 0.6 is 11.6 Å². The average Bonchev–Trinajstić information content (AvgIpc) is 3.04. The molecule has 1 unspecified atom stereocenters. The van der Waals surface area contributed by atoms with Gasteiger partial charge in [-0.05, 0) is 37.8 Å². The van der Waals surface area contributed by atoms with E-state index in [1.54, 1.807) is 0 Å². The number of anilines is 1. The summed E-state index contributed by atoms with van der Waals surface area (Å²) in [7, 11) is 0. The van der Waals surface area contributed by atoms with E-state index in [0.717, 1.165) is 31.9 Å². The SMILES string of the molecule is O=C1C(=O)N(CCCC2CCCO2)c2cc(F)c(Cl)cc21.